The van der Waals surface area contributed by atoms with Gasteiger partial charge in [0.2, 0.25) is 5.89 Å². The summed E-state index contributed by atoms with van der Waals surface area (Å²) in [7, 11) is 0. The van der Waals surface area contributed by atoms with Crippen LogP contribution in [0.1, 0.15) is 0 Å². The summed E-state index contributed by atoms with van der Waals surface area (Å²) in [5, 5.41) is 7.43. The van der Waals surface area contributed by atoms with Crippen LogP contribution < -0.4 is 0 Å². The average Bonchev–Trinajstić information content (AvgIpc) is 3.64. The van der Waals surface area contributed by atoms with Gasteiger partial charge in [0.15, 0.2) is 5.76 Å². The van der Waals surface area contributed by atoms with Crippen LogP contribution in [0.15, 0.2) is 126 Å². The lowest BCUT2D eigenvalue weighted by Gasteiger charge is -2.13. The highest BCUT2D eigenvalue weighted by molar-refractivity contribution is 6.18. The molecule has 8 aromatic rings. The van der Waals surface area contributed by atoms with E-state index < -0.39 is 0 Å². The summed E-state index contributed by atoms with van der Waals surface area (Å²) in [6.45, 7) is 0. The zero-order valence-electron chi connectivity index (χ0n) is 20.3. The molecule has 0 bridgehead atoms. The SMILES string of the molecule is c1ccc(-c2nc3c(o2)-c2cccc4c(-n5c6ccccc6c6cc7ccccc7cc65)ccc-3c24)cc1. The monoisotopic (exact) mass is 484 g/mol. The molecule has 1 aliphatic rings. The van der Waals surface area contributed by atoms with E-state index >= 15 is 0 Å². The van der Waals surface area contributed by atoms with Crippen LogP contribution in [0.25, 0.3) is 83.1 Å². The fourth-order valence-electron chi connectivity index (χ4n) is 6.28. The molecule has 1 aliphatic carbocycles. The Morgan fingerprint density at radius 3 is 2.21 bits per heavy atom. The Hall–Kier alpha value is -5.15. The van der Waals surface area contributed by atoms with Crippen LogP contribution in [-0.2, 0) is 0 Å². The Morgan fingerprint density at radius 2 is 1.32 bits per heavy atom. The standard InChI is InChI=1S/C35H20N2O/c1-2-9-21(10-3-1)35-36-33-26-17-18-30(25-14-8-15-27(32(25)26)34(33)38-35)37-29-16-7-6-13-24(29)28-19-22-11-4-5-12-23(22)20-31(28)37/h1-20H. The Labute approximate surface area is 218 Å². The van der Waals surface area contributed by atoms with Gasteiger partial charge in [-0.2, -0.15) is 0 Å². The summed E-state index contributed by atoms with van der Waals surface area (Å²) in [5.41, 5.74) is 7.74. The molecule has 0 fully saturated rings. The van der Waals surface area contributed by atoms with Crippen molar-refractivity contribution in [3.05, 3.63) is 121 Å². The van der Waals surface area contributed by atoms with E-state index in [0.717, 1.165) is 28.1 Å². The van der Waals surface area contributed by atoms with Crippen LogP contribution in [0, 0.1) is 0 Å². The minimum absolute atomic E-state index is 0.664. The molecule has 0 spiro atoms. The van der Waals surface area contributed by atoms with Gasteiger partial charge in [-0.15, -0.1) is 0 Å². The molecule has 2 heterocycles. The second-order valence-corrected chi connectivity index (χ2v) is 9.99. The van der Waals surface area contributed by atoms with Gasteiger partial charge in [-0.25, -0.2) is 4.98 Å². The molecule has 0 saturated carbocycles. The van der Waals surface area contributed by atoms with Gasteiger partial charge in [-0.05, 0) is 53.2 Å². The highest BCUT2D eigenvalue weighted by atomic mass is 16.4. The van der Waals surface area contributed by atoms with Crippen molar-refractivity contribution in [3.8, 4) is 39.7 Å². The fraction of sp³-hybridized carbons (Fsp3) is 0. The summed E-state index contributed by atoms with van der Waals surface area (Å²) in [6.07, 6.45) is 0. The van der Waals surface area contributed by atoms with Gasteiger partial charge < -0.3 is 8.98 Å². The maximum Gasteiger partial charge on any atom is 0.227 e. The maximum absolute atomic E-state index is 6.39. The number of rotatable bonds is 2. The summed E-state index contributed by atoms with van der Waals surface area (Å²) < 4.78 is 8.81. The highest BCUT2D eigenvalue weighted by Crippen LogP contribution is 2.50. The van der Waals surface area contributed by atoms with Crippen LogP contribution in [0.3, 0.4) is 0 Å². The molecular weight excluding hydrogens is 464 g/mol. The van der Waals surface area contributed by atoms with Crippen molar-refractivity contribution in [2.75, 3.05) is 0 Å². The van der Waals surface area contributed by atoms with Crippen molar-refractivity contribution >= 4 is 43.4 Å². The molecule has 9 rings (SSSR count). The van der Waals surface area contributed by atoms with Crippen LogP contribution in [0.5, 0.6) is 0 Å². The Bertz CT molecular complexity index is 2210. The van der Waals surface area contributed by atoms with Crippen LogP contribution in [0.2, 0.25) is 0 Å². The summed E-state index contributed by atoms with van der Waals surface area (Å²) in [6, 6.07) is 43.0. The first-order valence-electron chi connectivity index (χ1n) is 12.9. The van der Waals surface area contributed by atoms with Gasteiger partial charge in [0, 0.05) is 38.2 Å². The van der Waals surface area contributed by atoms with Gasteiger partial charge in [0.05, 0.1) is 16.7 Å². The minimum Gasteiger partial charge on any atom is -0.435 e. The molecule has 3 nitrogen and oxygen atoms in total. The summed E-state index contributed by atoms with van der Waals surface area (Å²) in [4.78, 5) is 4.95. The number of fused-ring (bicyclic) bond motifs is 7. The number of para-hydroxylation sites is 1. The smallest absolute Gasteiger partial charge is 0.227 e. The second-order valence-electron chi connectivity index (χ2n) is 9.99. The third-order valence-corrected chi connectivity index (χ3v) is 7.95. The molecule has 2 aromatic heterocycles. The van der Waals surface area contributed by atoms with Gasteiger partial charge in [0.1, 0.15) is 5.69 Å². The molecule has 38 heavy (non-hydrogen) atoms. The highest BCUT2D eigenvalue weighted by Gasteiger charge is 2.29. The van der Waals surface area contributed by atoms with Crippen LogP contribution in [-0.4, -0.2) is 9.55 Å². The molecular formula is C35H20N2O. The molecule has 0 unspecified atom stereocenters. The maximum atomic E-state index is 6.39. The Balaban J connectivity index is 1.34. The van der Waals surface area contributed by atoms with Gasteiger partial charge in [0.25, 0.3) is 0 Å². The first kappa shape index (κ1) is 20.0. The first-order valence-corrected chi connectivity index (χ1v) is 12.9. The second kappa shape index (κ2) is 7.21. The number of nitrogens with zero attached hydrogens (tertiary/aromatic N) is 2. The van der Waals surface area contributed by atoms with E-state index in [1.165, 1.54) is 49.0 Å². The molecule has 3 heteroatoms. The van der Waals surface area contributed by atoms with Gasteiger partial charge >= 0.3 is 0 Å². The number of hydrogen-bond acceptors (Lipinski definition) is 2. The molecule has 0 amide bonds. The van der Waals surface area contributed by atoms with Gasteiger partial charge in [-0.3, -0.25) is 0 Å². The van der Waals surface area contributed by atoms with Crippen molar-refractivity contribution in [1.29, 1.82) is 0 Å². The molecule has 0 radical (unpaired) electrons. The lowest BCUT2D eigenvalue weighted by molar-refractivity contribution is 0.590. The quantitative estimate of drug-likeness (QED) is 0.245. The van der Waals surface area contributed by atoms with Crippen molar-refractivity contribution in [2.24, 2.45) is 0 Å². The Morgan fingerprint density at radius 1 is 0.553 bits per heavy atom. The van der Waals surface area contributed by atoms with Crippen molar-refractivity contribution in [1.82, 2.24) is 9.55 Å². The molecule has 6 aromatic carbocycles. The zero-order valence-corrected chi connectivity index (χ0v) is 20.3. The van der Waals surface area contributed by atoms with Crippen molar-refractivity contribution < 1.29 is 4.42 Å². The predicted molar refractivity (Wildman–Crippen MR) is 156 cm³/mol. The summed E-state index contributed by atoms with van der Waals surface area (Å²) in [5.74, 6) is 1.52. The normalized spacial score (nSPS) is 12.2. The van der Waals surface area contributed by atoms with Gasteiger partial charge in [-0.1, -0.05) is 78.9 Å². The van der Waals surface area contributed by atoms with E-state index in [-0.39, 0.29) is 0 Å². The van der Waals surface area contributed by atoms with E-state index in [2.05, 4.69) is 95.6 Å². The largest absolute Gasteiger partial charge is 0.435 e. The van der Waals surface area contributed by atoms with E-state index in [1.54, 1.807) is 0 Å². The average molecular weight is 485 g/mol. The predicted octanol–water partition coefficient (Wildman–Crippen LogP) is 9.39. The molecule has 176 valence electrons. The number of aromatic nitrogens is 2. The van der Waals surface area contributed by atoms with Crippen LogP contribution in [0.4, 0.5) is 0 Å². The fourth-order valence-corrected chi connectivity index (χ4v) is 6.28. The molecule has 0 saturated heterocycles. The molecule has 0 aliphatic heterocycles. The first-order chi connectivity index (χ1) is 18.8. The van der Waals surface area contributed by atoms with E-state index in [4.69, 9.17) is 9.40 Å². The lowest BCUT2D eigenvalue weighted by Crippen LogP contribution is -1.96. The number of hydrogen-bond donors (Lipinski definition) is 0. The summed E-state index contributed by atoms with van der Waals surface area (Å²) >= 11 is 0. The number of oxazole rings is 1. The van der Waals surface area contributed by atoms with E-state index in [9.17, 15) is 0 Å². The molecule has 0 atom stereocenters. The van der Waals surface area contributed by atoms with Crippen molar-refractivity contribution in [3.63, 3.8) is 0 Å². The molecule has 0 N–H and O–H groups in total. The number of benzene rings is 6. The van der Waals surface area contributed by atoms with Crippen LogP contribution >= 0.6 is 0 Å². The lowest BCUT2D eigenvalue weighted by atomic mass is 10.0. The zero-order chi connectivity index (χ0) is 24.8. The third kappa shape index (κ3) is 2.55. The Kier molecular flexibility index (Phi) is 3.79. The van der Waals surface area contributed by atoms with E-state index in [0.29, 0.717) is 5.89 Å². The minimum atomic E-state index is 0.664. The third-order valence-electron chi connectivity index (χ3n) is 7.95. The van der Waals surface area contributed by atoms with E-state index in [1.807, 2.05) is 30.3 Å². The topological polar surface area (TPSA) is 31.0 Å². The van der Waals surface area contributed by atoms with Crippen molar-refractivity contribution in [2.45, 2.75) is 0 Å².